The fourth-order valence-corrected chi connectivity index (χ4v) is 1.49. The smallest absolute Gasteiger partial charge is 0.280 e. The van der Waals surface area contributed by atoms with Crippen LogP contribution in [-0.4, -0.2) is 12.1 Å². The molecule has 0 aromatic carbocycles. The predicted octanol–water partition coefficient (Wildman–Crippen LogP) is 2.25. The third-order valence-electron chi connectivity index (χ3n) is 1.70. The lowest BCUT2D eigenvalue weighted by molar-refractivity contribution is 0.144. The molecule has 0 saturated heterocycles. The molecule has 1 rings (SSSR count). The molecule has 1 heterocycles. The number of aromatic nitrogens is 1. The maximum atomic E-state index is 12.5. The summed E-state index contributed by atoms with van der Waals surface area (Å²) in [6, 6.07) is 1.46. The molecule has 2 N–H and O–H groups in total. The van der Waals surface area contributed by atoms with Gasteiger partial charge in [-0.05, 0) is 27.6 Å². The van der Waals surface area contributed by atoms with Gasteiger partial charge in [0.1, 0.15) is 10.3 Å². The molecular formula is C8H9BrF2N2O. The van der Waals surface area contributed by atoms with Crippen LogP contribution in [0, 0.1) is 0 Å². The Bertz CT molecular complexity index is 333. The Balaban J connectivity index is 3.24. The van der Waals surface area contributed by atoms with Gasteiger partial charge >= 0.3 is 0 Å². The lowest BCUT2D eigenvalue weighted by atomic mass is 10.2. The largest absolute Gasteiger partial charge is 0.494 e. The van der Waals surface area contributed by atoms with Crippen LogP contribution in [0.25, 0.3) is 0 Å². The molecule has 0 fully saturated rings. The van der Waals surface area contributed by atoms with Crippen LogP contribution in [0.3, 0.4) is 0 Å². The third kappa shape index (κ3) is 2.19. The third-order valence-corrected chi connectivity index (χ3v) is 2.27. The summed E-state index contributed by atoms with van der Waals surface area (Å²) in [5.74, 6) is 0.398. The van der Waals surface area contributed by atoms with Gasteiger partial charge in [-0.1, -0.05) is 0 Å². The van der Waals surface area contributed by atoms with Crippen molar-refractivity contribution in [2.24, 2.45) is 5.73 Å². The summed E-state index contributed by atoms with van der Waals surface area (Å²) in [6.07, 6.45) is -2.63. The SMILES string of the molecule is COc1cc(CN)c(C(F)F)nc1Br. The summed E-state index contributed by atoms with van der Waals surface area (Å²) < 4.78 is 30.1. The van der Waals surface area contributed by atoms with Crippen LogP contribution in [-0.2, 0) is 6.54 Å². The van der Waals surface area contributed by atoms with Gasteiger partial charge in [0.2, 0.25) is 0 Å². The van der Waals surface area contributed by atoms with Gasteiger partial charge in [-0.3, -0.25) is 0 Å². The molecule has 0 aliphatic carbocycles. The Morgan fingerprint density at radius 2 is 2.29 bits per heavy atom. The zero-order valence-corrected chi connectivity index (χ0v) is 9.01. The highest BCUT2D eigenvalue weighted by Crippen LogP contribution is 2.29. The number of nitrogens with two attached hydrogens (primary N) is 1. The molecule has 0 aliphatic rings. The first-order valence-electron chi connectivity index (χ1n) is 3.81. The first-order chi connectivity index (χ1) is 6.60. The van der Waals surface area contributed by atoms with Crippen molar-refractivity contribution in [2.45, 2.75) is 13.0 Å². The summed E-state index contributed by atoms with van der Waals surface area (Å²) in [4.78, 5) is 3.68. The van der Waals surface area contributed by atoms with Crippen molar-refractivity contribution >= 4 is 15.9 Å². The van der Waals surface area contributed by atoms with E-state index in [1.54, 1.807) is 0 Å². The van der Waals surface area contributed by atoms with Crippen molar-refractivity contribution in [1.82, 2.24) is 4.98 Å². The minimum atomic E-state index is -2.63. The summed E-state index contributed by atoms with van der Waals surface area (Å²) in [5, 5.41) is 0. The Labute approximate surface area is 88.4 Å². The van der Waals surface area contributed by atoms with E-state index in [1.807, 2.05) is 0 Å². The quantitative estimate of drug-likeness (QED) is 0.854. The monoisotopic (exact) mass is 266 g/mol. The summed E-state index contributed by atoms with van der Waals surface area (Å²) >= 11 is 3.03. The van der Waals surface area contributed by atoms with Crippen LogP contribution in [0.4, 0.5) is 8.78 Å². The minimum Gasteiger partial charge on any atom is -0.494 e. The van der Waals surface area contributed by atoms with Gasteiger partial charge < -0.3 is 10.5 Å². The zero-order chi connectivity index (χ0) is 10.7. The van der Waals surface area contributed by atoms with Gasteiger partial charge in [-0.25, -0.2) is 13.8 Å². The number of alkyl halides is 2. The first-order valence-corrected chi connectivity index (χ1v) is 4.61. The highest BCUT2D eigenvalue weighted by molar-refractivity contribution is 9.10. The zero-order valence-electron chi connectivity index (χ0n) is 7.43. The second-order valence-electron chi connectivity index (χ2n) is 2.53. The highest BCUT2D eigenvalue weighted by Gasteiger charge is 2.17. The molecule has 0 radical (unpaired) electrons. The van der Waals surface area contributed by atoms with Gasteiger partial charge in [-0.2, -0.15) is 0 Å². The van der Waals surface area contributed by atoms with Crippen LogP contribution in [0.1, 0.15) is 17.7 Å². The Morgan fingerprint density at radius 3 is 2.71 bits per heavy atom. The van der Waals surface area contributed by atoms with Crippen molar-refractivity contribution in [3.63, 3.8) is 0 Å². The van der Waals surface area contributed by atoms with Crippen LogP contribution >= 0.6 is 15.9 Å². The van der Waals surface area contributed by atoms with E-state index in [2.05, 4.69) is 20.9 Å². The average molecular weight is 267 g/mol. The molecule has 0 saturated carbocycles. The minimum absolute atomic E-state index is 0.0102. The Morgan fingerprint density at radius 1 is 1.64 bits per heavy atom. The number of methoxy groups -OCH3 is 1. The lowest BCUT2D eigenvalue weighted by Crippen LogP contribution is -2.05. The van der Waals surface area contributed by atoms with Gasteiger partial charge in [0, 0.05) is 6.54 Å². The van der Waals surface area contributed by atoms with E-state index in [4.69, 9.17) is 10.5 Å². The number of ether oxygens (including phenoxy) is 1. The Kier molecular flexibility index (Phi) is 3.77. The number of hydrogen-bond acceptors (Lipinski definition) is 3. The fraction of sp³-hybridized carbons (Fsp3) is 0.375. The molecule has 1 aromatic rings. The van der Waals surface area contributed by atoms with Gasteiger partial charge in [0.25, 0.3) is 6.43 Å². The van der Waals surface area contributed by atoms with Crippen molar-refractivity contribution in [3.05, 3.63) is 21.9 Å². The molecule has 0 atom stereocenters. The molecule has 0 spiro atoms. The van der Waals surface area contributed by atoms with E-state index in [-0.39, 0.29) is 16.8 Å². The number of rotatable bonds is 3. The van der Waals surface area contributed by atoms with Crippen LogP contribution < -0.4 is 10.5 Å². The van der Waals surface area contributed by atoms with Crippen LogP contribution in [0.5, 0.6) is 5.75 Å². The molecule has 1 aromatic heterocycles. The van der Waals surface area contributed by atoms with Gasteiger partial charge in [0.15, 0.2) is 5.75 Å². The molecule has 0 aliphatic heterocycles. The fourth-order valence-electron chi connectivity index (χ4n) is 1.02. The molecule has 0 bridgehead atoms. The first kappa shape index (κ1) is 11.3. The van der Waals surface area contributed by atoms with E-state index in [9.17, 15) is 8.78 Å². The highest BCUT2D eigenvalue weighted by atomic mass is 79.9. The average Bonchev–Trinajstić information content (AvgIpc) is 2.17. The maximum Gasteiger partial charge on any atom is 0.280 e. The summed E-state index contributed by atoms with van der Waals surface area (Å²) in [5.41, 5.74) is 5.30. The molecular weight excluding hydrogens is 258 g/mol. The topological polar surface area (TPSA) is 48.1 Å². The van der Waals surface area contributed by atoms with Crippen molar-refractivity contribution < 1.29 is 13.5 Å². The number of halogens is 3. The molecule has 6 heteroatoms. The predicted molar refractivity (Wildman–Crippen MR) is 51.3 cm³/mol. The van der Waals surface area contributed by atoms with Gasteiger partial charge in [0.05, 0.1) is 7.11 Å². The van der Waals surface area contributed by atoms with E-state index >= 15 is 0 Å². The molecule has 3 nitrogen and oxygen atoms in total. The number of pyridine rings is 1. The van der Waals surface area contributed by atoms with Crippen molar-refractivity contribution in [1.29, 1.82) is 0 Å². The molecule has 78 valence electrons. The standard InChI is InChI=1S/C8H9BrF2N2O/c1-14-5-2-4(3-12)6(8(10)11)13-7(5)9/h2,8H,3,12H2,1H3. The molecule has 0 unspecified atom stereocenters. The summed E-state index contributed by atoms with van der Waals surface area (Å²) in [6.45, 7) is 0.0102. The van der Waals surface area contributed by atoms with Crippen molar-refractivity contribution in [3.8, 4) is 5.75 Å². The molecule has 0 amide bonds. The number of nitrogens with zero attached hydrogens (tertiary/aromatic N) is 1. The van der Waals surface area contributed by atoms with Crippen molar-refractivity contribution in [2.75, 3.05) is 7.11 Å². The second kappa shape index (κ2) is 4.65. The Hall–Kier alpha value is -0.750. The molecule has 14 heavy (non-hydrogen) atoms. The van der Waals surface area contributed by atoms with Crippen LogP contribution in [0.2, 0.25) is 0 Å². The van der Waals surface area contributed by atoms with Gasteiger partial charge in [-0.15, -0.1) is 0 Å². The summed E-state index contributed by atoms with van der Waals surface area (Å²) in [7, 11) is 1.43. The van der Waals surface area contributed by atoms with E-state index in [1.165, 1.54) is 13.2 Å². The van der Waals surface area contributed by atoms with E-state index < -0.39 is 6.43 Å². The van der Waals surface area contributed by atoms with E-state index in [0.717, 1.165) is 0 Å². The second-order valence-corrected chi connectivity index (χ2v) is 3.28. The number of hydrogen-bond donors (Lipinski definition) is 1. The normalized spacial score (nSPS) is 10.7. The van der Waals surface area contributed by atoms with E-state index in [0.29, 0.717) is 11.3 Å². The maximum absolute atomic E-state index is 12.5. The van der Waals surface area contributed by atoms with Crippen LogP contribution in [0.15, 0.2) is 10.7 Å². The lowest BCUT2D eigenvalue weighted by Gasteiger charge is -2.09.